The third kappa shape index (κ3) is 4.22. The van der Waals surface area contributed by atoms with Gasteiger partial charge in [-0.2, -0.15) is 0 Å². The lowest BCUT2D eigenvalue weighted by atomic mass is 9.93. The first-order valence-electron chi connectivity index (χ1n) is 7.57. The molecular weight excluding hydrogens is 298 g/mol. The first kappa shape index (κ1) is 16.8. The Morgan fingerprint density at radius 2 is 2.00 bits per heavy atom. The Morgan fingerprint density at radius 1 is 1.32 bits per heavy atom. The molecule has 1 N–H and O–H groups in total. The molecule has 1 aromatic rings. The molecule has 0 aromatic heterocycles. The normalized spacial score (nSPS) is 18.5. The average Bonchev–Trinajstić information content (AvgIpc) is 2.84. The number of sulfone groups is 1. The van der Waals surface area contributed by atoms with Gasteiger partial charge in [-0.15, -0.1) is 0 Å². The van der Waals surface area contributed by atoms with E-state index in [2.05, 4.69) is 29.1 Å². The van der Waals surface area contributed by atoms with Crippen LogP contribution >= 0.6 is 0 Å². The predicted octanol–water partition coefficient (Wildman–Crippen LogP) is 1.77. The van der Waals surface area contributed by atoms with Crippen LogP contribution in [-0.2, 0) is 9.84 Å². The lowest BCUT2D eigenvalue weighted by Crippen LogP contribution is -2.42. The summed E-state index contributed by atoms with van der Waals surface area (Å²) in [5, 5.41) is 3.17. The van der Waals surface area contributed by atoms with E-state index in [1.165, 1.54) is 0 Å². The molecule has 122 valence electrons. The second-order valence-electron chi connectivity index (χ2n) is 6.44. The molecule has 5 nitrogen and oxygen atoms in total. The van der Waals surface area contributed by atoms with Gasteiger partial charge in [-0.05, 0) is 24.0 Å². The lowest BCUT2D eigenvalue weighted by Gasteiger charge is -2.23. The molecule has 1 aliphatic rings. The zero-order valence-electron chi connectivity index (χ0n) is 13.5. The third-order valence-corrected chi connectivity index (χ3v) is 5.68. The van der Waals surface area contributed by atoms with Gasteiger partial charge in [-0.25, -0.2) is 8.42 Å². The summed E-state index contributed by atoms with van der Waals surface area (Å²) in [4.78, 5) is 6.82. The summed E-state index contributed by atoms with van der Waals surface area (Å²) < 4.78 is 24.5. The van der Waals surface area contributed by atoms with Crippen LogP contribution in [0.25, 0.3) is 0 Å². The van der Waals surface area contributed by atoms with Gasteiger partial charge < -0.3 is 10.2 Å². The minimum Gasteiger partial charge on any atom is -0.355 e. The van der Waals surface area contributed by atoms with Gasteiger partial charge in [0, 0.05) is 26.7 Å². The van der Waals surface area contributed by atoms with Crippen LogP contribution in [0, 0.1) is 5.41 Å². The fourth-order valence-electron chi connectivity index (χ4n) is 2.67. The Morgan fingerprint density at radius 3 is 2.55 bits per heavy atom. The van der Waals surface area contributed by atoms with E-state index < -0.39 is 9.84 Å². The van der Waals surface area contributed by atoms with Crippen molar-refractivity contribution in [3.8, 4) is 0 Å². The molecule has 1 heterocycles. The first-order chi connectivity index (χ1) is 10.3. The largest absolute Gasteiger partial charge is 0.355 e. The molecule has 0 bridgehead atoms. The summed E-state index contributed by atoms with van der Waals surface area (Å²) >= 11 is 0. The Bertz CT molecular complexity index is 624. The number of likely N-dealkylation sites (tertiary alicyclic amines) is 1. The molecular formula is C16H25N3O2S. The van der Waals surface area contributed by atoms with Crippen molar-refractivity contribution in [3.63, 3.8) is 0 Å². The Hall–Kier alpha value is -1.56. The summed E-state index contributed by atoms with van der Waals surface area (Å²) in [5.74, 6) is 0.849. The van der Waals surface area contributed by atoms with E-state index in [1.807, 2.05) is 6.07 Å². The maximum Gasteiger partial charge on any atom is 0.193 e. The molecule has 0 radical (unpaired) electrons. The molecule has 6 heteroatoms. The average molecular weight is 323 g/mol. The molecule has 1 aromatic carbocycles. The number of hydrogen-bond acceptors (Lipinski definition) is 3. The smallest absolute Gasteiger partial charge is 0.193 e. The number of guanidine groups is 1. The van der Waals surface area contributed by atoms with Gasteiger partial charge in [-0.3, -0.25) is 4.99 Å². The Kier molecular flexibility index (Phi) is 5.11. The van der Waals surface area contributed by atoms with Crippen LogP contribution in [0.3, 0.4) is 0 Å². The van der Waals surface area contributed by atoms with Crippen LogP contribution in [0.2, 0.25) is 0 Å². The number of hydrogen-bond donors (Lipinski definition) is 1. The highest BCUT2D eigenvalue weighted by atomic mass is 32.2. The van der Waals surface area contributed by atoms with Gasteiger partial charge in [0.05, 0.1) is 10.6 Å². The standard InChI is InChI=1S/C16H25N3O2S/c1-16(2)9-11-19(13-16)15(17-3)18-10-12-22(20,21)14-7-5-4-6-8-14/h4-8H,9-13H2,1-3H3,(H,17,18). The molecule has 2 rings (SSSR count). The maximum atomic E-state index is 12.2. The Balaban J connectivity index is 1.90. The van der Waals surface area contributed by atoms with E-state index in [-0.39, 0.29) is 11.2 Å². The quantitative estimate of drug-likeness (QED) is 0.677. The molecule has 0 atom stereocenters. The van der Waals surface area contributed by atoms with Crippen molar-refractivity contribution in [3.05, 3.63) is 30.3 Å². The molecule has 0 saturated carbocycles. The summed E-state index contributed by atoms with van der Waals surface area (Å²) in [5.41, 5.74) is 0.285. The molecule has 0 amide bonds. The predicted molar refractivity (Wildman–Crippen MR) is 89.8 cm³/mol. The van der Waals surface area contributed by atoms with Gasteiger partial charge in [-0.1, -0.05) is 32.0 Å². The number of nitrogens with zero attached hydrogens (tertiary/aromatic N) is 2. The molecule has 0 unspecified atom stereocenters. The van der Waals surface area contributed by atoms with Gasteiger partial charge in [0.1, 0.15) is 0 Å². The Labute approximate surface area is 133 Å². The minimum absolute atomic E-state index is 0.0628. The van der Waals surface area contributed by atoms with Crippen molar-refractivity contribution in [2.45, 2.75) is 25.2 Å². The monoisotopic (exact) mass is 323 g/mol. The summed E-state index contributed by atoms with van der Waals surface area (Å²) in [6.45, 7) is 6.73. The van der Waals surface area contributed by atoms with E-state index in [0.717, 1.165) is 25.5 Å². The summed E-state index contributed by atoms with van der Waals surface area (Å²) in [7, 11) is -1.51. The van der Waals surface area contributed by atoms with Gasteiger partial charge >= 0.3 is 0 Å². The van der Waals surface area contributed by atoms with Crippen molar-refractivity contribution in [2.75, 3.05) is 32.4 Å². The number of benzene rings is 1. The molecule has 1 saturated heterocycles. The maximum absolute atomic E-state index is 12.2. The highest BCUT2D eigenvalue weighted by Gasteiger charge is 2.30. The second-order valence-corrected chi connectivity index (χ2v) is 8.55. The van der Waals surface area contributed by atoms with Gasteiger partial charge in [0.15, 0.2) is 15.8 Å². The molecule has 22 heavy (non-hydrogen) atoms. The van der Waals surface area contributed by atoms with E-state index >= 15 is 0 Å². The van der Waals surface area contributed by atoms with E-state index in [0.29, 0.717) is 11.4 Å². The van der Waals surface area contributed by atoms with Crippen molar-refractivity contribution in [1.82, 2.24) is 10.2 Å². The van der Waals surface area contributed by atoms with E-state index in [9.17, 15) is 8.42 Å². The second kappa shape index (κ2) is 6.69. The molecule has 0 aliphatic carbocycles. The fraction of sp³-hybridized carbons (Fsp3) is 0.562. The molecule has 1 fully saturated rings. The molecule has 1 aliphatic heterocycles. The fourth-order valence-corrected chi connectivity index (χ4v) is 3.85. The topological polar surface area (TPSA) is 61.8 Å². The molecule has 0 spiro atoms. The number of aliphatic imine (C=N–C) groups is 1. The van der Waals surface area contributed by atoms with Gasteiger partial charge in [0.2, 0.25) is 0 Å². The highest BCUT2D eigenvalue weighted by molar-refractivity contribution is 7.91. The van der Waals surface area contributed by atoms with Crippen molar-refractivity contribution < 1.29 is 8.42 Å². The minimum atomic E-state index is -3.25. The zero-order valence-corrected chi connectivity index (χ0v) is 14.4. The van der Waals surface area contributed by atoms with Crippen LogP contribution in [0.15, 0.2) is 40.2 Å². The van der Waals surface area contributed by atoms with Crippen molar-refractivity contribution in [1.29, 1.82) is 0 Å². The number of rotatable bonds is 4. The van der Waals surface area contributed by atoms with Crippen LogP contribution in [0.5, 0.6) is 0 Å². The SMILES string of the molecule is CN=C(NCCS(=O)(=O)c1ccccc1)N1CCC(C)(C)C1. The first-order valence-corrected chi connectivity index (χ1v) is 9.23. The van der Waals surface area contributed by atoms with Crippen molar-refractivity contribution >= 4 is 15.8 Å². The van der Waals surface area contributed by atoms with Crippen LogP contribution in [-0.4, -0.2) is 51.7 Å². The van der Waals surface area contributed by atoms with Crippen LogP contribution in [0.1, 0.15) is 20.3 Å². The summed E-state index contributed by atoms with van der Waals surface area (Å²) in [6, 6.07) is 8.56. The summed E-state index contributed by atoms with van der Waals surface area (Å²) in [6.07, 6.45) is 1.12. The van der Waals surface area contributed by atoms with E-state index in [4.69, 9.17) is 0 Å². The van der Waals surface area contributed by atoms with E-state index in [1.54, 1.807) is 31.3 Å². The highest BCUT2D eigenvalue weighted by Crippen LogP contribution is 2.28. The number of nitrogens with one attached hydrogen (secondary N) is 1. The van der Waals surface area contributed by atoms with Crippen molar-refractivity contribution in [2.24, 2.45) is 10.4 Å². The van der Waals surface area contributed by atoms with Crippen LogP contribution < -0.4 is 5.32 Å². The van der Waals surface area contributed by atoms with Crippen LogP contribution in [0.4, 0.5) is 0 Å². The lowest BCUT2D eigenvalue weighted by molar-refractivity contribution is 0.370. The zero-order chi connectivity index (χ0) is 16.2. The third-order valence-electron chi connectivity index (χ3n) is 3.94. The van der Waals surface area contributed by atoms with Gasteiger partial charge in [0.25, 0.3) is 0 Å².